The Hall–Kier alpha value is -1.59. The molecule has 0 heterocycles. The van der Waals surface area contributed by atoms with Crippen molar-refractivity contribution in [3.05, 3.63) is 29.8 Å². The van der Waals surface area contributed by atoms with Crippen molar-refractivity contribution in [3.63, 3.8) is 0 Å². The van der Waals surface area contributed by atoms with Gasteiger partial charge in [-0.05, 0) is 52.7 Å². The average Bonchev–Trinajstić information content (AvgIpc) is 2.43. The number of nitrogens with one attached hydrogen (secondary N) is 3. The molecule has 0 aliphatic heterocycles. The molecule has 0 aliphatic rings. The largest absolute Gasteiger partial charge is 0.336 e. The molecule has 2 amide bonds. The fourth-order valence-corrected chi connectivity index (χ4v) is 1.65. The summed E-state index contributed by atoms with van der Waals surface area (Å²) in [6, 6.07) is 8.24. The zero-order chi connectivity index (χ0) is 15.1. The second-order valence-corrected chi connectivity index (χ2v) is 5.28. The van der Waals surface area contributed by atoms with Gasteiger partial charge in [0, 0.05) is 24.3 Å². The van der Waals surface area contributed by atoms with Crippen LogP contribution in [0, 0.1) is 0 Å². The minimum atomic E-state index is -0.173. The van der Waals surface area contributed by atoms with Crippen LogP contribution in [-0.2, 0) is 0 Å². The highest BCUT2D eigenvalue weighted by molar-refractivity contribution is 5.89. The van der Waals surface area contributed by atoms with Crippen LogP contribution in [0.4, 0.5) is 10.5 Å². The molecule has 0 aliphatic carbocycles. The highest BCUT2D eigenvalue weighted by Gasteiger charge is 2.08. The second-order valence-electron chi connectivity index (χ2n) is 5.28. The van der Waals surface area contributed by atoms with Crippen LogP contribution in [0.3, 0.4) is 0 Å². The van der Waals surface area contributed by atoms with E-state index in [4.69, 9.17) is 0 Å². The number of rotatable bonds is 6. The van der Waals surface area contributed by atoms with Crippen LogP contribution in [0.5, 0.6) is 0 Å². The van der Waals surface area contributed by atoms with E-state index < -0.39 is 0 Å². The lowest BCUT2D eigenvalue weighted by molar-refractivity contribution is 0.245. The standard InChI is InChI=1S/C15H26N4O/c1-11(19(4)5)10-17-15(20)18-14-8-6-7-13(9-14)12(2)16-3/h6-9,11-12,16H,10H2,1-5H3,(H2,17,18,20). The van der Waals surface area contributed by atoms with Crippen molar-refractivity contribution in [2.45, 2.75) is 25.9 Å². The first kappa shape index (κ1) is 16.5. The third kappa shape index (κ3) is 5.19. The van der Waals surface area contributed by atoms with E-state index >= 15 is 0 Å². The van der Waals surface area contributed by atoms with Crippen LogP contribution in [-0.4, -0.2) is 44.7 Å². The number of benzene rings is 1. The van der Waals surface area contributed by atoms with Gasteiger partial charge in [-0.25, -0.2) is 4.79 Å². The molecule has 1 aromatic carbocycles. The minimum Gasteiger partial charge on any atom is -0.336 e. The molecule has 3 N–H and O–H groups in total. The average molecular weight is 278 g/mol. The van der Waals surface area contributed by atoms with Crippen molar-refractivity contribution in [1.29, 1.82) is 0 Å². The van der Waals surface area contributed by atoms with Crippen molar-refractivity contribution < 1.29 is 4.79 Å². The van der Waals surface area contributed by atoms with Gasteiger partial charge in [-0.3, -0.25) is 0 Å². The van der Waals surface area contributed by atoms with E-state index in [1.165, 1.54) is 0 Å². The minimum absolute atomic E-state index is 0.173. The van der Waals surface area contributed by atoms with Crippen LogP contribution < -0.4 is 16.0 Å². The lowest BCUT2D eigenvalue weighted by atomic mass is 10.1. The smallest absolute Gasteiger partial charge is 0.319 e. The monoisotopic (exact) mass is 278 g/mol. The summed E-state index contributed by atoms with van der Waals surface area (Å²) in [5.74, 6) is 0. The molecule has 0 aromatic heterocycles. The Bertz CT molecular complexity index is 434. The molecule has 0 radical (unpaired) electrons. The molecule has 0 spiro atoms. The summed E-state index contributed by atoms with van der Waals surface area (Å²) in [7, 11) is 5.90. The van der Waals surface area contributed by atoms with E-state index in [-0.39, 0.29) is 12.1 Å². The lowest BCUT2D eigenvalue weighted by Gasteiger charge is -2.20. The van der Waals surface area contributed by atoms with E-state index in [0.717, 1.165) is 11.3 Å². The van der Waals surface area contributed by atoms with Gasteiger partial charge in [0.1, 0.15) is 0 Å². The van der Waals surface area contributed by atoms with Gasteiger partial charge in [0.15, 0.2) is 0 Å². The number of hydrogen-bond acceptors (Lipinski definition) is 3. The van der Waals surface area contributed by atoms with Crippen LogP contribution in [0.2, 0.25) is 0 Å². The summed E-state index contributed by atoms with van der Waals surface area (Å²) in [4.78, 5) is 13.9. The van der Waals surface area contributed by atoms with Crippen molar-refractivity contribution in [2.24, 2.45) is 0 Å². The van der Waals surface area contributed by atoms with Crippen molar-refractivity contribution >= 4 is 11.7 Å². The summed E-state index contributed by atoms with van der Waals surface area (Å²) in [5, 5.41) is 8.91. The molecule has 2 unspecified atom stereocenters. The summed E-state index contributed by atoms with van der Waals surface area (Å²) in [6.45, 7) is 4.76. The Morgan fingerprint density at radius 2 is 2.00 bits per heavy atom. The van der Waals surface area contributed by atoms with Gasteiger partial charge in [0.25, 0.3) is 0 Å². The van der Waals surface area contributed by atoms with Gasteiger partial charge < -0.3 is 20.9 Å². The van der Waals surface area contributed by atoms with Crippen LogP contribution >= 0.6 is 0 Å². The number of carbonyl (C=O) groups excluding carboxylic acids is 1. The van der Waals surface area contributed by atoms with E-state index in [1.54, 1.807) is 0 Å². The number of anilines is 1. The molecule has 0 bridgehead atoms. The van der Waals surface area contributed by atoms with Crippen LogP contribution in [0.25, 0.3) is 0 Å². The van der Waals surface area contributed by atoms with Crippen molar-refractivity contribution in [1.82, 2.24) is 15.5 Å². The van der Waals surface area contributed by atoms with Gasteiger partial charge in [0.2, 0.25) is 0 Å². The number of likely N-dealkylation sites (N-methyl/N-ethyl adjacent to an activating group) is 1. The number of nitrogens with zero attached hydrogens (tertiary/aromatic N) is 1. The third-order valence-corrected chi connectivity index (χ3v) is 3.52. The second kappa shape index (κ2) is 7.87. The van der Waals surface area contributed by atoms with Gasteiger partial charge in [0.05, 0.1) is 0 Å². The normalized spacial score (nSPS) is 13.9. The SMILES string of the molecule is CNC(C)c1cccc(NC(=O)NCC(C)N(C)C)c1. The molecular weight excluding hydrogens is 252 g/mol. The Kier molecular flexibility index (Phi) is 6.48. The summed E-state index contributed by atoms with van der Waals surface area (Å²) in [5.41, 5.74) is 1.95. The molecule has 2 atom stereocenters. The first-order valence-corrected chi connectivity index (χ1v) is 6.92. The molecular formula is C15H26N4O. The molecule has 1 rings (SSSR count). The number of carbonyl (C=O) groups is 1. The molecule has 0 saturated heterocycles. The maximum absolute atomic E-state index is 11.8. The predicted octanol–water partition coefficient (Wildman–Crippen LogP) is 2.04. The fraction of sp³-hybridized carbons (Fsp3) is 0.533. The Balaban J connectivity index is 2.54. The predicted molar refractivity (Wildman–Crippen MR) is 84.1 cm³/mol. The topological polar surface area (TPSA) is 56.4 Å². The van der Waals surface area contributed by atoms with Gasteiger partial charge in [-0.1, -0.05) is 12.1 Å². The van der Waals surface area contributed by atoms with E-state index in [9.17, 15) is 4.79 Å². The number of urea groups is 1. The van der Waals surface area contributed by atoms with Crippen molar-refractivity contribution in [2.75, 3.05) is 33.0 Å². The van der Waals surface area contributed by atoms with Gasteiger partial charge in [-0.2, -0.15) is 0 Å². The Morgan fingerprint density at radius 3 is 2.60 bits per heavy atom. The van der Waals surface area contributed by atoms with Gasteiger partial charge >= 0.3 is 6.03 Å². The van der Waals surface area contributed by atoms with Gasteiger partial charge in [-0.15, -0.1) is 0 Å². The number of hydrogen-bond donors (Lipinski definition) is 3. The zero-order valence-electron chi connectivity index (χ0n) is 13.0. The molecule has 20 heavy (non-hydrogen) atoms. The maximum atomic E-state index is 11.8. The molecule has 0 fully saturated rings. The number of amides is 2. The van der Waals surface area contributed by atoms with Crippen LogP contribution in [0.1, 0.15) is 25.5 Å². The first-order valence-electron chi connectivity index (χ1n) is 6.92. The highest BCUT2D eigenvalue weighted by atomic mass is 16.2. The first-order chi connectivity index (χ1) is 9.43. The molecule has 5 heteroatoms. The third-order valence-electron chi connectivity index (χ3n) is 3.52. The highest BCUT2D eigenvalue weighted by Crippen LogP contribution is 2.16. The molecule has 1 aromatic rings. The molecule has 0 saturated carbocycles. The van der Waals surface area contributed by atoms with E-state index in [0.29, 0.717) is 12.6 Å². The summed E-state index contributed by atoms with van der Waals surface area (Å²) in [6.07, 6.45) is 0. The summed E-state index contributed by atoms with van der Waals surface area (Å²) >= 11 is 0. The fourth-order valence-electron chi connectivity index (χ4n) is 1.65. The lowest BCUT2D eigenvalue weighted by Crippen LogP contribution is -2.40. The van der Waals surface area contributed by atoms with E-state index in [2.05, 4.69) is 34.7 Å². The van der Waals surface area contributed by atoms with Crippen molar-refractivity contribution in [3.8, 4) is 0 Å². The van der Waals surface area contributed by atoms with Crippen LogP contribution in [0.15, 0.2) is 24.3 Å². The maximum Gasteiger partial charge on any atom is 0.319 e. The van der Waals surface area contributed by atoms with E-state index in [1.807, 2.05) is 45.4 Å². The quantitative estimate of drug-likeness (QED) is 0.746. The Morgan fingerprint density at radius 1 is 1.30 bits per heavy atom. The summed E-state index contributed by atoms with van der Waals surface area (Å²) < 4.78 is 0. The molecule has 112 valence electrons. The zero-order valence-corrected chi connectivity index (χ0v) is 13.0. The molecule has 5 nitrogen and oxygen atoms in total. The Labute approximate surface area is 121 Å².